The molecule has 0 fully saturated rings. The molecule has 5 heteroatoms. The van der Waals surface area contributed by atoms with Crippen LogP contribution in [0.4, 0.5) is 5.82 Å². The van der Waals surface area contributed by atoms with Crippen LogP contribution in [-0.4, -0.2) is 36.5 Å². The molecule has 1 heterocycles. The van der Waals surface area contributed by atoms with E-state index in [1.165, 1.54) is 0 Å². The van der Waals surface area contributed by atoms with Crippen LogP contribution in [0.15, 0.2) is 30.3 Å². The number of hydrogen-bond donors (Lipinski definition) is 2. The highest BCUT2D eigenvalue weighted by atomic mass is 32.2. The summed E-state index contributed by atoms with van der Waals surface area (Å²) in [6.07, 6.45) is 2.08. The zero-order valence-electron chi connectivity index (χ0n) is 12.6. The van der Waals surface area contributed by atoms with Crippen molar-refractivity contribution >= 4 is 34.4 Å². The Bertz CT molecular complexity index is 630. The number of hydrogen-bond acceptors (Lipinski definition) is 4. The van der Waals surface area contributed by atoms with E-state index in [0.717, 1.165) is 16.7 Å². The van der Waals surface area contributed by atoms with Gasteiger partial charge in [0.05, 0.1) is 11.1 Å². The summed E-state index contributed by atoms with van der Waals surface area (Å²) in [5.74, 6) is 2.16. The fourth-order valence-corrected chi connectivity index (χ4v) is 2.88. The van der Waals surface area contributed by atoms with Gasteiger partial charge in [0.1, 0.15) is 5.82 Å². The molecule has 1 amide bonds. The molecular weight excluding hydrogens is 282 g/mol. The highest BCUT2D eigenvalue weighted by Crippen LogP contribution is 2.20. The van der Waals surface area contributed by atoms with Crippen molar-refractivity contribution in [2.75, 3.05) is 30.9 Å². The fourth-order valence-electron chi connectivity index (χ4n) is 2.20. The van der Waals surface area contributed by atoms with Crippen LogP contribution >= 0.6 is 11.8 Å². The monoisotopic (exact) mass is 303 g/mol. The number of para-hydroxylation sites is 1. The normalized spacial score (nSPS) is 12.1. The number of fused-ring (bicyclic) bond motifs is 1. The zero-order chi connectivity index (χ0) is 15.2. The summed E-state index contributed by atoms with van der Waals surface area (Å²) >= 11 is 1.79. The third-order valence-electron chi connectivity index (χ3n) is 3.28. The maximum Gasteiger partial charge on any atom is 0.252 e. The number of nitrogens with one attached hydrogen (secondary N) is 2. The summed E-state index contributed by atoms with van der Waals surface area (Å²) < 4.78 is 0. The van der Waals surface area contributed by atoms with Gasteiger partial charge in [0.15, 0.2) is 0 Å². The summed E-state index contributed by atoms with van der Waals surface area (Å²) in [6.45, 7) is 2.83. The maximum absolute atomic E-state index is 12.5. The van der Waals surface area contributed by atoms with Crippen molar-refractivity contribution < 1.29 is 4.79 Å². The van der Waals surface area contributed by atoms with Crippen LogP contribution in [0.1, 0.15) is 17.3 Å². The van der Waals surface area contributed by atoms with Gasteiger partial charge in [-0.05, 0) is 30.1 Å². The predicted molar refractivity (Wildman–Crippen MR) is 91.2 cm³/mol. The van der Waals surface area contributed by atoms with Gasteiger partial charge in [0, 0.05) is 19.0 Å². The average Bonchev–Trinajstić information content (AvgIpc) is 2.51. The number of benzene rings is 1. The Labute approximate surface area is 129 Å². The molecule has 0 aliphatic heterocycles. The van der Waals surface area contributed by atoms with Crippen molar-refractivity contribution in [1.82, 2.24) is 10.3 Å². The summed E-state index contributed by atoms with van der Waals surface area (Å²) in [5, 5.41) is 6.91. The predicted octanol–water partition coefficient (Wildman–Crippen LogP) is 3.01. The molecule has 0 spiro atoms. The maximum atomic E-state index is 12.5. The van der Waals surface area contributed by atoms with Crippen LogP contribution in [0.3, 0.4) is 0 Å². The molecule has 21 heavy (non-hydrogen) atoms. The molecule has 1 aromatic carbocycles. The van der Waals surface area contributed by atoms with Gasteiger partial charge in [-0.15, -0.1) is 0 Å². The Morgan fingerprint density at radius 3 is 2.86 bits per heavy atom. The Balaban J connectivity index is 2.25. The van der Waals surface area contributed by atoms with Crippen LogP contribution in [0.2, 0.25) is 0 Å². The third-order valence-corrected chi connectivity index (χ3v) is 4.18. The number of aromatic nitrogens is 1. The topological polar surface area (TPSA) is 54.0 Å². The molecule has 4 nitrogen and oxygen atoms in total. The van der Waals surface area contributed by atoms with Crippen molar-refractivity contribution in [2.24, 2.45) is 5.92 Å². The molecule has 0 radical (unpaired) electrons. The van der Waals surface area contributed by atoms with Crippen LogP contribution in [0.25, 0.3) is 10.9 Å². The Morgan fingerprint density at radius 2 is 2.14 bits per heavy atom. The number of nitrogens with zero attached hydrogens (tertiary/aromatic N) is 1. The first-order valence-corrected chi connectivity index (χ1v) is 8.39. The first-order valence-electron chi connectivity index (χ1n) is 7.00. The minimum absolute atomic E-state index is 0.0435. The molecule has 0 aliphatic rings. The summed E-state index contributed by atoms with van der Waals surface area (Å²) in [6, 6.07) is 9.51. The van der Waals surface area contributed by atoms with Crippen LogP contribution in [0, 0.1) is 5.92 Å². The summed E-state index contributed by atoms with van der Waals surface area (Å²) in [4.78, 5) is 16.9. The van der Waals surface area contributed by atoms with E-state index in [1.807, 2.05) is 24.3 Å². The lowest BCUT2D eigenvalue weighted by atomic mass is 10.1. The van der Waals surface area contributed by atoms with Gasteiger partial charge in [0.2, 0.25) is 0 Å². The Hall–Kier alpha value is -1.75. The Morgan fingerprint density at radius 1 is 1.38 bits per heavy atom. The van der Waals surface area contributed by atoms with Gasteiger partial charge in [-0.1, -0.05) is 25.1 Å². The highest BCUT2D eigenvalue weighted by Gasteiger charge is 2.13. The molecule has 1 unspecified atom stereocenters. The number of anilines is 1. The number of rotatable bonds is 6. The van der Waals surface area contributed by atoms with Crippen LogP contribution in [-0.2, 0) is 0 Å². The second-order valence-corrected chi connectivity index (χ2v) is 6.00. The van der Waals surface area contributed by atoms with Gasteiger partial charge in [-0.25, -0.2) is 4.98 Å². The lowest BCUT2D eigenvalue weighted by Crippen LogP contribution is -2.29. The summed E-state index contributed by atoms with van der Waals surface area (Å²) in [7, 11) is 1.80. The van der Waals surface area contributed by atoms with E-state index in [1.54, 1.807) is 24.9 Å². The van der Waals surface area contributed by atoms with E-state index < -0.39 is 0 Å². The van der Waals surface area contributed by atoms with E-state index in [9.17, 15) is 4.79 Å². The minimum Gasteiger partial charge on any atom is -0.373 e. The molecule has 2 aromatic rings. The first-order chi connectivity index (χ1) is 10.2. The fraction of sp³-hybridized carbons (Fsp3) is 0.375. The molecule has 0 bridgehead atoms. The van der Waals surface area contributed by atoms with Crippen molar-refractivity contribution in [3.8, 4) is 0 Å². The van der Waals surface area contributed by atoms with E-state index in [-0.39, 0.29) is 5.91 Å². The quantitative estimate of drug-likeness (QED) is 0.861. The molecule has 1 aromatic heterocycles. The van der Waals surface area contributed by atoms with E-state index in [0.29, 0.717) is 23.8 Å². The summed E-state index contributed by atoms with van der Waals surface area (Å²) in [5.41, 5.74) is 1.49. The lowest BCUT2D eigenvalue weighted by Gasteiger charge is -2.13. The molecular formula is C16H21N3OS. The van der Waals surface area contributed by atoms with Crippen molar-refractivity contribution in [2.45, 2.75) is 6.92 Å². The van der Waals surface area contributed by atoms with Gasteiger partial charge < -0.3 is 10.6 Å². The highest BCUT2D eigenvalue weighted by molar-refractivity contribution is 7.98. The van der Waals surface area contributed by atoms with Crippen LogP contribution in [0.5, 0.6) is 0 Å². The number of pyridine rings is 1. The third kappa shape index (κ3) is 3.88. The van der Waals surface area contributed by atoms with Gasteiger partial charge in [-0.3, -0.25) is 4.79 Å². The van der Waals surface area contributed by atoms with Crippen molar-refractivity contribution in [3.05, 3.63) is 35.9 Å². The smallest absolute Gasteiger partial charge is 0.252 e. The number of amides is 1. The number of thioether (sulfide) groups is 1. The molecule has 112 valence electrons. The van der Waals surface area contributed by atoms with Gasteiger partial charge in [-0.2, -0.15) is 11.8 Å². The SMILES string of the molecule is CNc1cc(C(=O)NCC(C)CSC)c2ccccc2n1. The molecule has 0 aliphatic carbocycles. The average molecular weight is 303 g/mol. The van der Waals surface area contributed by atoms with Gasteiger partial charge >= 0.3 is 0 Å². The van der Waals surface area contributed by atoms with Crippen molar-refractivity contribution in [3.63, 3.8) is 0 Å². The number of carbonyl (C=O) groups excluding carboxylic acids is 1. The largest absolute Gasteiger partial charge is 0.373 e. The first kappa shape index (κ1) is 15.6. The molecule has 0 saturated carbocycles. The molecule has 1 atom stereocenters. The second-order valence-electron chi connectivity index (χ2n) is 5.09. The van der Waals surface area contributed by atoms with Gasteiger partial charge in [0.25, 0.3) is 5.91 Å². The van der Waals surface area contributed by atoms with Crippen molar-refractivity contribution in [1.29, 1.82) is 0 Å². The molecule has 0 saturated heterocycles. The molecule has 2 rings (SSSR count). The zero-order valence-corrected chi connectivity index (χ0v) is 13.5. The minimum atomic E-state index is -0.0435. The molecule has 2 N–H and O–H groups in total. The standard InChI is InChI=1S/C16H21N3OS/c1-11(10-21-3)9-18-16(20)13-8-15(17-2)19-14-7-5-4-6-12(13)14/h4-8,11H,9-10H2,1-3H3,(H,17,19)(H,18,20). The van der Waals surface area contributed by atoms with E-state index in [4.69, 9.17) is 0 Å². The second kappa shape index (κ2) is 7.31. The van der Waals surface area contributed by atoms with E-state index in [2.05, 4.69) is 28.8 Å². The Kier molecular flexibility index (Phi) is 5.44. The van der Waals surface area contributed by atoms with E-state index >= 15 is 0 Å². The number of carbonyl (C=O) groups is 1. The van der Waals surface area contributed by atoms with Crippen LogP contribution < -0.4 is 10.6 Å². The lowest BCUT2D eigenvalue weighted by molar-refractivity contribution is 0.0951.